The minimum absolute atomic E-state index is 0.0569. The number of rotatable bonds is 5. The Hall–Kier alpha value is -1.98. The molecule has 86 valence electrons. The number of aliphatic carboxylic acids is 1. The van der Waals surface area contributed by atoms with Crippen molar-refractivity contribution in [2.75, 3.05) is 13.6 Å². The van der Waals surface area contributed by atoms with Gasteiger partial charge in [-0.3, -0.25) is 9.59 Å². The van der Waals surface area contributed by atoms with Crippen molar-refractivity contribution in [1.82, 2.24) is 14.9 Å². The molecule has 0 aromatic carbocycles. The quantitative estimate of drug-likeness (QED) is 0.781. The first kappa shape index (κ1) is 12.1. The molecule has 6 nitrogen and oxygen atoms in total. The molecule has 0 saturated carbocycles. The molecule has 0 aliphatic rings. The summed E-state index contributed by atoms with van der Waals surface area (Å²) in [6.07, 6.45) is 3.29. The number of carboxylic acid groups (broad SMARTS) is 1. The molecular weight excluding hydrogens is 210 g/mol. The van der Waals surface area contributed by atoms with E-state index in [-0.39, 0.29) is 12.3 Å². The minimum atomic E-state index is -0.858. The van der Waals surface area contributed by atoms with Gasteiger partial charge >= 0.3 is 5.97 Å². The van der Waals surface area contributed by atoms with Crippen LogP contribution in [0.5, 0.6) is 0 Å². The molecule has 1 heterocycles. The lowest BCUT2D eigenvalue weighted by Gasteiger charge is -2.15. The molecule has 0 unspecified atom stereocenters. The number of hydrogen-bond donors (Lipinski definition) is 1. The molecule has 0 saturated heterocycles. The zero-order valence-corrected chi connectivity index (χ0v) is 8.96. The Bertz CT molecular complexity index is 367. The lowest BCUT2D eigenvalue weighted by Crippen LogP contribution is -2.28. The van der Waals surface area contributed by atoms with E-state index in [0.717, 1.165) is 0 Å². The third kappa shape index (κ3) is 3.64. The number of amides is 1. The monoisotopic (exact) mass is 223 g/mol. The SMILES string of the molecule is CN(CCCC(=O)O)C(=O)c1ccncn1. The highest BCUT2D eigenvalue weighted by Gasteiger charge is 2.12. The Morgan fingerprint density at radius 1 is 1.50 bits per heavy atom. The lowest BCUT2D eigenvalue weighted by molar-refractivity contribution is -0.137. The fraction of sp³-hybridized carbons (Fsp3) is 0.400. The molecule has 0 aliphatic carbocycles. The van der Waals surface area contributed by atoms with Crippen molar-refractivity contribution in [3.05, 3.63) is 24.3 Å². The second kappa shape index (κ2) is 5.79. The van der Waals surface area contributed by atoms with E-state index >= 15 is 0 Å². The Morgan fingerprint density at radius 2 is 2.25 bits per heavy atom. The van der Waals surface area contributed by atoms with Crippen LogP contribution in [0.3, 0.4) is 0 Å². The fourth-order valence-electron chi connectivity index (χ4n) is 1.18. The predicted molar refractivity (Wildman–Crippen MR) is 55.9 cm³/mol. The van der Waals surface area contributed by atoms with Crippen molar-refractivity contribution in [1.29, 1.82) is 0 Å². The Kier molecular flexibility index (Phi) is 4.38. The number of carbonyl (C=O) groups is 2. The number of carbonyl (C=O) groups excluding carboxylic acids is 1. The first-order chi connectivity index (χ1) is 7.61. The molecule has 0 radical (unpaired) electrons. The summed E-state index contributed by atoms with van der Waals surface area (Å²) in [5.41, 5.74) is 0.313. The van der Waals surface area contributed by atoms with E-state index in [1.807, 2.05) is 0 Å². The van der Waals surface area contributed by atoms with Crippen molar-refractivity contribution >= 4 is 11.9 Å². The van der Waals surface area contributed by atoms with Crippen LogP contribution >= 0.6 is 0 Å². The van der Waals surface area contributed by atoms with E-state index in [4.69, 9.17) is 5.11 Å². The molecule has 1 aromatic heterocycles. The smallest absolute Gasteiger partial charge is 0.303 e. The van der Waals surface area contributed by atoms with E-state index < -0.39 is 5.97 Å². The maximum absolute atomic E-state index is 11.7. The summed E-state index contributed by atoms with van der Waals surface area (Å²) in [7, 11) is 1.62. The van der Waals surface area contributed by atoms with Crippen LogP contribution in [0.25, 0.3) is 0 Å². The lowest BCUT2D eigenvalue weighted by atomic mass is 10.3. The van der Waals surface area contributed by atoms with Gasteiger partial charge in [0.15, 0.2) is 0 Å². The molecule has 1 aromatic rings. The Morgan fingerprint density at radius 3 is 2.81 bits per heavy atom. The van der Waals surface area contributed by atoms with Crippen molar-refractivity contribution in [2.45, 2.75) is 12.8 Å². The summed E-state index contributed by atoms with van der Waals surface area (Å²) in [4.78, 5) is 31.0. The molecular formula is C10H13N3O3. The number of carboxylic acids is 1. The molecule has 1 rings (SSSR count). The summed E-state index contributed by atoms with van der Waals surface area (Å²) < 4.78 is 0. The highest BCUT2D eigenvalue weighted by Crippen LogP contribution is 2.00. The Labute approximate surface area is 92.9 Å². The summed E-state index contributed by atoms with van der Waals surface area (Å²) in [5.74, 6) is -1.09. The normalized spacial score (nSPS) is 9.81. The molecule has 0 atom stereocenters. The maximum Gasteiger partial charge on any atom is 0.303 e. The van der Waals surface area contributed by atoms with Gasteiger partial charge in [-0.2, -0.15) is 0 Å². The zero-order chi connectivity index (χ0) is 12.0. The van der Waals surface area contributed by atoms with Gasteiger partial charge in [-0.15, -0.1) is 0 Å². The molecule has 0 aliphatic heterocycles. The van der Waals surface area contributed by atoms with Gasteiger partial charge in [0.25, 0.3) is 5.91 Å². The van der Waals surface area contributed by atoms with Crippen LogP contribution in [0.1, 0.15) is 23.3 Å². The predicted octanol–water partition coefficient (Wildman–Crippen LogP) is 0.413. The highest BCUT2D eigenvalue weighted by molar-refractivity contribution is 5.91. The van der Waals surface area contributed by atoms with Crippen LogP contribution in [0, 0.1) is 0 Å². The minimum Gasteiger partial charge on any atom is -0.481 e. The van der Waals surface area contributed by atoms with Crippen LogP contribution in [-0.4, -0.2) is 45.4 Å². The summed E-state index contributed by atoms with van der Waals surface area (Å²) >= 11 is 0. The van der Waals surface area contributed by atoms with Gasteiger partial charge in [-0.1, -0.05) is 0 Å². The topological polar surface area (TPSA) is 83.4 Å². The molecule has 16 heavy (non-hydrogen) atoms. The first-order valence-corrected chi connectivity index (χ1v) is 4.84. The fourth-order valence-corrected chi connectivity index (χ4v) is 1.18. The van der Waals surface area contributed by atoms with Crippen molar-refractivity contribution < 1.29 is 14.7 Å². The Balaban J connectivity index is 2.45. The number of hydrogen-bond acceptors (Lipinski definition) is 4. The van der Waals surface area contributed by atoms with Gasteiger partial charge in [0.05, 0.1) is 0 Å². The van der Waals surface area contributed by atoms with Gasteiger partial charge in [0, 0.05) is 26.2 Å². The van der Waals surface area contributed by atoms with Crippen LogP contribution in [0.4, 0.5) is 0 Å². The van der Waals surface area contributed by atoms with Crippen molar-refractivity contribution in [3.63, 3.8) is 0 Å². The van der Waals surface area contributed by atoms with Gasteiger partial charge < -0.3 is 10.0 Å². The van der Waals surface area contributed by atoms with Crippen LogP contribution in [0.2, 0.25) is 0 Å². The number of nitrogens with zero attached hydrogens (tertiary/aromatic N) is 3. The summed E-state index contributed by atoms with van der Waals surface area (Å²) in [6.45, 7) is 0.398. The van der Waals surface area contributed by atoms with E-state index in [0.29, 0.717) is 18.7 Å². The van der Waals surface area contributed by atoms with E-state index in [2.05, 4.69) is 9.97 Å². The average molecular weight is 223 g/mol. The van der Waals surface area contributed by atoms with Crippen LogP contribution in [-0.2, 0) is 4.79 Å². The summed E-state index contributed by atoms with van der Waals surface area (Å²) in [6, 6.07) is 1.52. The zero-order valence-electron chi connectivity index (χ0n) is 8.96. The second-order valence-corrected chi connectivity index (χ2v) is 3.32. The molecule has 0 fully saturated rings. The highest BCUT2D eigenvalue weighted by atomic mass is 16.4. The standard InChI is InChI=1S/C10H13N3O3/c1-13(6-2-3-9(14)15)10(16)8-4-5-11-7-12-8/h4-5,7H,2-3,6H2,1H3,(H,14,15). The summed E-state index contributed by atoms with van der Waals surface area (Å²) in [5, 5.41) is 8.46. The third-order valence-electron chi connectivity index (χ3n) is 2.03. The van der Waals surface area contributed by atoms with Gasteiger partial charge in [-0.05, 0) is 12.5 Å². The third-order valence-corrected chi connectivity index (χ3v) is 2.03. The van der Waals surface area contributed by atoms with Crippen molar-refractivity contribution in [3.8, 4) is 0 Å². The molecule has 1 amide bonds. The number of aromatic nitrogens is 2. The van der Waals surface area contributed by atoms with Gasteiger partial charge in [0.2, 0.25) is 0 Å². The van der Waals surface area contributed by atoms with E-state index in [1.165, 1.54) is 23.5 Å². The largest absolute Gasteiger partial charge is 0.481 e. The van der Waals surface area contributed by atoms with E-state index in [1.54, 1.807) is 7.05 Å². The second-order valence-electron chi connectivity index (χ2n) is 3.32. The molecule has 0 bridgehead atoms. The van der Waals surface area contributed by atoms with Crippen LogP contribution in [0.15, 0.2) is 18.6 Å². The molecule has 6 heteroatoms. The van der Waals surface area contributed by atoms with Gasteiger partial charge in [0.1, 0.15) is 12.0 Å². The van der Waals surface area contributed by atoms with E-state index in [9.17, 15) is 9.59 Å². The van der Waals surface area contributed by atoms with Crippen molar-refractivity contribution in [2.24, 2.45) is 0 Å². The molecule has 1 N–H and O–H groups in total. The molecule has 0 spiro atoms. The average Bonchev–Trinajstić information content (AvgIpc) is 2.28. The maximum atomic E-state index is 11.7. The van der Waals surface area contributed by atoms with Crippen LogP contribution < -0.4 is 0 Å². The van der Waals surface area contributed by atoms with Gasteiger partial charge in [-0.25, -0.2) is 9.97 Å². The first-order valence-electron chi connectivity index (χ1n) is 4.84.